The smallest absolute Gasteiger partial charge is 0.203 e. The zero-order valence-corrected chi connectivity index (χ0v) is 22.7. The van der Waals surface area contributed by atoms with E-state index >= 15 is 0 Å². The summed E-state index contributed by atoms with van der Waals surface area (Å²) in [4.78, 5) is 0. The molecule has 1 unspecified atom stereocenters. The lowest BCUT2D eigenvalue weighted by Crippen LogP contribution is -2.50. The van der Waals surface area contributed by atoms with Crippen molar-refractivity contribution in [2.24, 2.45) is 0 Å². The molecule has 5 nitrogen and oxygen atoms in total. The van der Waals surface area contributed by atoms with Crippen molar-refractivity contribution in [2.75, 3.05) is 13.7 Å². The molecular weight excluding hydrogens is 488 g/mol. The summed E-state index contributed by atoms with van der Waals surface area (Å²) in [6.45, 7) is 13.5. The van der Waals surface area contributed by atoms with Crippen molar-refractivity contribution in [3.8, 4) is 17.2 Å². The van der Waals surface area contributed by atoms with Crippen LogP contribution in [0.2, 0.25) is 16.6 Å². The lowest BCUT2D eigenvalue weighted by molar-refractivity contribution is 0.000564. The van der Waals surface area contributed by atoms with E-state index in [2.05, 4.69) is 57.5 Å². The van der Waals surface area contributed by atoms with Crippen LogP contribution in [0.4, 0.5) is 0 Å². The molecule has 178 valence electrons. The number of halogens is 1. The van der Waals surface area contributed by atoms with Gasteiger partial charge in [-0.05, 0) is 34.3 Å². The van der Waals surface area contributed by atoms with Gasteiger partial charge in [-0.25, -0.2) is 0 Å². The van der Waals surface area contributed by atoms with Gasteiger partial charge in [0, 0.05) is 4.47 Å². The number of ether oxygens (including phenoxy) is 2. The second-order valence-electron chi connectivity index (χ2n) is 9.10. The van der Waals surface area contributed by atoms with Crippen molar-refractivity contribution in [2.45, 2.75) is 70.4 Å². The quantitative estimate of drug-likeness (QED) is 0.315. The molecule has 0 saturated heterocycles. The van der Waals surface area contributed by atoms with Crippen LogP contribution in [0.15, 0.2) is 46.9 Å². The van der Waals surface area contributed by atoms with Crippen molar-refractivity contribution < 1.29 is 24.1 Å². The Balaban J connectivity index is 2.44. The van der Waals surface area contributed by atoms with Gasteiger partial charge in [-0.3, -0.25) is 0 Å². The standard InChI is InChI=1S/C25H37BrO5Si/c1-16(2)32(17(3)4,18(5)6)30-15-23(24(28)19-11-9-8-10-12-19)31-25-21(27)13-20(26)14-22(25)29-7/h8-14,16-18,23-24,27-28H,15H2,1-7H3/t23-,24?/m0/s1. The number of hydrogen-bond donors (Lipinski definition) is 2. The largest absolute Gasteiger partial charge is 0.504 e. The fourth-order valence-electron chi connectivity index (χ4n) is 4.76. The Morgan fingerprint density at radius 3 is 2.00 bits per heavy atom. The van der Waals surface area contributed by atoms with Gasteiger partial charge in [-0.2, -0.15) is 0 Å². The van der Waals surface area contributed by atoms with Crippen LogP contribution in [0, 0.1) is 0 Å². The third kappa shape index (κ3) is 5.87. The fraction of sp³-hybridized carbons (Fsp3) is 0.520. The number of benzene rings is 2. The minimum atomic E-state index is -2.19. The average molecular weight is 526 g/mol. The molecule has 2 aromatic rings. The molecule has 0 bridgehead atoms. The summed E-state index contributed by atoms with van der Waals surface area (Å²) in [5.41, 5.74) is 1.91. The zero-order valence-electron chi connectivity index (χ0n) is 20.1. The molecule has 2 atom stereocenters. The molecule has 2 rings (SSSR count). The van der Waals surface area contributed by atoms with Crippen LogP contribution >= 0.6 is 15.9 Å². The number of phenols is 1. The lowest BCUT2D eigenvalue weighted by Gasteiger charge is -2.43. The summed E-state index contributed by atoms with van der Waals surface area (Å²) >= 11 is 3.36. The zero-order chi connectivity index (χ0) is 24.1. The molecule has 32 heavy (non-hydrogen) atoms. The van der Waals surface area contributed by atoms with Gasteiger partial charge in [0.05, 0.1) is 13.7 Å². The van der Waals surface area contributed by atoms with Crippen molar-refractivity contribution in [1.82, 2.24) is 0 Å². The molecule has 0 radical (unpaired) electrons. The summed E-state index contributed by atoms with van der Waals surface area (Å²) in [6, 6.07) is 12.6. The van der Waals surface area contributed by atoms with Crippen LogP contribution in [0.25, 0.3) is 0 Å². The van der Waals surface area contributed by atoms with Crippen molar-refractivity contribution >= 4 is 24.2 Å². The molecule has 0 aliphatic rings. The number of phenolic OH excluding ortho intramolecular Hbond substituents is 1. The fourth-order valence-corrected chi connectivity index (χ4v) is 10.6. The maximum atomic E-state index is 11.2. The van der Waals surface area contributed by atoms with Crippen LogP contribution in [-0.4, -0.2) is 38.4 Å². The maximum Gasteiger partial charge on any atom is 0.203 e. The molecule has 0 aromatic heterocycles. The van der Waals surface area contributed by atoms with Gasteiger partial charge >= 0.3 is 0 Å². The minimum Gasteiger partial charge on any atom is -0.504 e. The first-order valence-corrected chi connectivity index (χ1v) is 14.1. The Labute approximate surface area is 202 Å². The average Bonchev–Trinajstić information content (AvgIpc) is 2.73. The highest BCUT2D eigenvalue weighted by molar-refractivity contribution is 9.10. The van der Waals surface area contributed by atoms with Gasteiger partial charge < -0.3 is 24.1 Å². The van der Waals surface area contributed by atoms with Gasteiger partial charge in [0.15, 0.2) is 17.6 Å². The monoisotopic (exact) mass is 524 g/mol. The summed E-state index contributed by atoms with van der Waals surface area (Å²) in [5, 5.41) is 21.8. The molecule has 2 aromatic carbocycles. The molecule has 2 N–H and O–H groups in total. The molecule has 0 fully saturated rings. The van der Waals surface area contributed by atoms with Gasteiger partial charge in [-0.1, -0.05) is 87.8 Å². The van der Waals surface area contributed by atoms with E-state index in [1.54, 1.807) is 12.1 Å². The third-order valence-corrected chi connectivity index (χ3v) is 12.7. The topological polar surface area (TPSA) is 68.2 Å². The Kier molecular flexibility index (Phi) is 9.63. The molecule has 0 heterocycles. The second-order valence-corrected chi connectivity index (χ2v) is 15.5. The maximum absolute atomic E-state index is 11.2. The van der Waals surface area contributed by atoms with Gasteiger partial charge in [0.25, 0.3) is 0 Å². The molecule has 0 amide bonds. The Bertz CT molecular complexity index is 835. The van der Waals surface area contributed by atoms with E-state index in [1.165, 1.54) is 7.11 Å². The summed E-state index contributed by atoms with van der Waals surface area (Å²) in [6.07, 6.45) is -1.68. The van der Waals surface area contributed by atoms with E-state index in [0.29, 0.717) is 26.8 Å². The molecule has 7 heteroatoms. The highest BCUT2D eigenvalue weighted by atomic mass is 79.9. The van der Waals surface area contributed by atoms with Crippen LogP contribution in [-0.2, 0) is 4.43 Å². The van der Waals surface area contributed by atoms with E-state index in [9.17, 15) is 10.2 Å². The predicted octanol–water partition coefficient (Wildman–Crippen LogP) is 6.84. The van der Waals surface area contributed by atoms with E-state index in [4.69, 9.17) is 13.9 Å². The SMILES string of the molecule is COc1cc(Br)cc(O)c1O[C@@H](CO[Si](C(C)C)(C(C)C)C(C)C)C(O)c1ccccc1. The van der Waals surface area contributed by atoms with Crippen LogP contribution in [0.3, 0.4) is 0 Å². The Morgan fingerprint density at radius 1 is 0.938 bits per heavy atom. The first kappa shape index (κ1) is 26.7. The van der Waals surface area contributed by atoms with Gasteiger partial charge in [0.1, 0.15) is 6.10 Å². The molecule has 0 aliphatic heterocycles. The number of rotatable bonds is 11. The second kappa shape index (κ2) is 11.5. The van der Waals surface area contributed by atoms with E-state index in [-0.39, 0.29) is 18.1 Å². The minimum absolute atomic E-state index is 0.0680. The van der Waals surface area contributed by atoms with Crippen LogP contribution < -0.4 is 9.47 Å². The molecular formula is C25H37BrO5Si. The number of aliphatic hydroxyl groups is 1. The van der Waals surface area contributed by atoms with Gasteiger partial charge in [0.2, 0.25) is 14.1 Å². The number of aliphatic hydroxyl groups excluding tert-OH is 1. The van der Waals surface area contributed by atoms with Crippen molar-refractivity contribution in [3.05, 3.63) is 52.5 Å². The van der Waals surface area contributed by atoms with E-state index in [0.717, 1.165) is 5.56 Å². The van der Waals surface area contributed by atoms with Gasteiger partial charge in [-0.15, -0.1) is 0 Å². The Hall–Kier alpha value is -1.54. The molecule has 0 aliphatic carbocycles. The van der Waals surface area contributed by atoms with Crippen molar-refractivity contribution in [3.63, 3.8) is 0 Å². The van der Waals surface area contributed by atoms with E-state index in [1.807, 2.05) is 30.3 Å². The normalized spacial score (nSPS) is 14.1. The lowest BCUT2D eigenvalue weighted by atomic mass is 10.0. The highest BCUT2D eigenvalue weighted by Gasteiger charge is 2.46. The Morgan fingerprint density at radius 2 is 1.50 bits per heavy atom. The predicted molar refractivity (Wildman–Crippen MR) is 135 cm³/mol. The summed E-state index contributed by atoms with van der Waals surface area (Å²) in [5.74, 6) is 0.494. The first-order chi connectivity index (χ1) is 15.0. The number of aromatic hydroxyl groups is 1. The summed E-state index contributed by atoms with van der Waals surface area (Å²) in [7, 11) is -0.676. The third-order valence-electron chi connectivity index (χ3n) is 6.19. The van der Waals surface area contributed by atoms with Crippen LogP contribution in [0.5, 0.6) is 17.2 Å². The highest BCUT2D eigenvalue weighted by Crippen LogP contribution is 2.44. The molecule has 0 spiro atoms. The van der Waals surface area contributed by atoms with Crippen molar-refractivity contribution in [1.29, 1.82) is 0 Å². The number of methoxy groups -OCH3 is 1. The summed E-state index contributed by atoms with van der Waals surface area (Å²) < 4.78 is 19.1. The first-order valence-electron chi connectivity index (χ1n) is 11.1. The molecule has 0 saturated carbocycles. The van der Waals surface area contributed by atoms with Crippen LogP contribution in [0.1, 0.15) is 53.2 Å². The van der Waals surface area contributed by atoms with E-state index < -0.39 is 20.5 Å². The number of hydrogen-bond acceptors (Lipinski definition) is 5.